The van der Waals surface area contributed by atoms with Crippen molar-refractivity contribution in [1.29, 1.82) is 0 Å². The molecule has 0 amide bonds. The molecule has 0 aliphatic heterocycles. The third-order valence-electron chi connectivity index (χ3n) is 3.97. The van der Waals surface area contributed by atoms with Gasteiger partial charge in [0.15, 0.2) is 0 Å². The van der Waals surface area contributed by atoms with Gasteiger partial charge in [0, 0.05) is 18.9 Å². The van der Waals surface area contributed by atoms with Crippen LogP contribution in [0.2, 0.25) is 5.02 Å². The molecule has 0 saturated heterocycles. The maximum atomic E-state index is 9.65. The molecule has 5 heteroatoms. The number of nitrogens with one attached hydrogen (secondary N) is 1. The molecular formula is C18H20ClN3O. The van der Waals surface area contributed by atoms with E-state index >= 15 is 0 Å². The van der Waals surface area contributed by atoms with Crippen LogP contribution in [-0.4, -0.2) is 21.1 Å². The second-order valence-electron chi connectivity index (χ2n) is 5.56. The highest BCUT2D eigenvalue weighted by Crippen LogP contribution is 2.16. The van der Waals surface area contributed by atoms with Gasteiger partial charge in [-0.15, -0.1) is 0 Å². The van der Waals surface area contributed by atoms with E-state index in [1.165, 1.54) is 5.56 Å². The van der Waals surface area contributed by atoms with Crippen molar-refractivity contribution in [3.05, 3.63) is 70.6 Å². The number of hydrogen-bond donors (Lipinski definition) is 2. The summed E-state index contributed by atoms with van der Waals surface area (Å²) < 4.78 is 1.91. The Bertz CT molecular complexity index is 783. The molecule has 0 unspecified atom stereocenters. The fraction of sp³-hybridized carbons (Fsp3) is 0.278. The van der Waals surface area contributed by atoms with Gasteiger partial charge in [-0.2, -0.15) is 0 Å². The summed E-state index contributed by atoms with van der Waals surface area (Å²) in [5, 5.41) is 13.7. The molecule has 2 heterocycles. The smallest absolute Gasteiger partial charge is 0.137 e. The van der Waals surface area contributed by atoms with Crippen molar-refractivity contribution in [2.45, 2.75) is 25.9 Å². The van der Waals surface area contributed by atoms with Crippen molar-refractivity contribution in [3.63, 3.8) is 0 Å². The zero-order chi connectivity index (χ0) is 16.2. The molecule has 0 radical (unpaired) electrons. The van der Waals surface area contributed by atoms with E-state index in [-0.39, 0.29) is 12.6 Å². The molecule has 1 aromatic carbocycles. The first-order chi connectivity index (χ1) is 11.2. The molecule has 2 N–H and O–H groups in total. The van der Waals surface area contributed by atoms with Crippen LogP contribution in [0.4, 0.5) is 0 Å². The molecule has 0 spiro atoms. The Kier molecular flexibility index (Phi) is 4.96. The van der Waals surface area contributed by atoms with Gasteiger partial charge in [-0.25, -0.2) is 4.98 Å². The van der Waals surface area contributed by atoms with Crippen LogP contribution in [0, 0.1) is 0 Å². The number of aryl methyl sites for hydroxylation is 1. The Morgan fingerprint density at radius 3 is 2.65 bits per heavy atom. The minimum atomic E-state index is -0.102. The van der Waals surface area contributed by atoms with E-state index in [9.17, 15) is 5.11 Å². The van der Waals surface area contributed by atoms with Crippen LogP contribution in [0.3, 0.4) is 0 Å². The van der Waals surface area contributed by atoms with E-state index in [1.807, 2.05) is 28.9 Å². The van der Waals surface area contributed by atoms with Crippen LogP contribution in [0.15, 0.2) is 48.8 Å². The summed E-state index contributed by atoms with van der Waals surface area (Å²) in [4.78, 5) is 4.54. The Balaban J connectivity index is 1.70. The highest BCUT2D eigenvalue weighted by atomic mass is 35.5. The zero-order valence-corrected chi connectivity index (χ0v) is 13.8. The van der Waals surface area contributed by atoms with Crippen LogP contribution in [-0.2, 0) is 13.0 Å². The number of aliphatic hydroxyl groups is 1. The predicted octanol–water partition coefficient (Wildman–Crippen LogP) is 3.37. The lowest BCUT2D eigenvalue weighted by Gasteiger charge is -2.16. The quantitative estimate of drug-likeness (QED) is 0.729. The maximum absolute atomic E-state index is 9.65. The minimum Gasteiger partial charge on any atom is -0.394 e. The van der Waals surface area contributed by atoms with Gasteiger partial charge in [0.05, 0.1) is 23.4 Å². The molecule has 4 nitrogen and oxygen atoms in total. The van der Waals surface area contributed by atoms with Crippen molar-refractivity contribution in [2.75, 3.05) is 6.61 Å². The minimum absolute atomic E-state index is 0.0463. The molecular weight excluding hydrogens is 310 g/mol. The van der Waals surface area contributed by atoms with Gasteiger partial charge in [-0.05, 0) is 29.7 Å². The summed E-state index contributed by atoms with van der Waals surface area (Å²) in [6, 6.07) is 12.0. The molecule has 0 aliphatic rings. The maximum Gasteiger partial charge on any atom is 0.137 e. The van der Waals surface area contributed by atoms with E-state index in [4.69, 9.17) is 11.6 Å². The second kappa shape index (κ2) is 7.13. The molecule has 0 aliphatic carbocycles. The molecule has 3 rings (SSSR count). The normalized spacial score (nSPS) is 12.7. The summed E-state index contributed by atoms with van der Waals surface area (Å²) >= 11 is 5.99. The zero-order valence-electron chi connectivity index (χ0n) is 13.0. The number of fused-ring (bicyclic) bond motifs is 1. The van der Waals surface area contributed by atoms with Crippen LogP contribution < -0.4 is 5.32 Å². The predicted molar refractivity (Wildman–Crippen MR) is 92.7 cm³/mol. The van der Waals surface area contributed by atoms with Crippen LogP contribution in [0.1, 0.15) is 29.8 Å². The van der Waals surface area contributed by atoms with Crippen LogP contribution in [0.25, 0.3) is 5.65 Å². The lowest BCUT2D eigenvalue weighted by molar-refractivity contribution is 0.243. The second-order valence-corrected chi connectivity index (χ2v) is 5.99. The first-order valence-corrected chi connectivity index (χ1v) is 8.13. The summed E-state index contributed by atoms with van der Waals surface area (Å²) in [7, 11) is 0. The Morgan fingerprint density at radius 2 is 1.96 bits per heavy atom. The number of nitrogens with zero attached hydrogens (tertiary/aromatic N) is 2. The van der Waals surface area contributed by atoms with Crippen molar-refractivity contribution in [3.8, 4) is 0 Å². The highest BCUT2D eigenvalue weighted by molar-refractivity contribution is 6.30. The van der Waals surface area contributed by atoms with Crippen molar-refractivity contribution in [2.24, 2.45) is 0 Å². The first kappa shape index (κ1) is 16.0. The van der Waals surface area contributed by atoms with Crippen molar-refractivity contribution < 1.29 is 5.11 Å². The molecule has 120 valence electrons. The summed E-state index contributed by atoms with van der Waals surface area (Å²) in [5.74, 6) is 0. The van der Waals surface area contributed by atoms with Gasteiger partial charge in [0.1, 0.15) is 5.65 Å². The number of aliphatic hydroxyl groups excluding tert-OH is 1. The van der Waals surface area contributed by atoms with Gasteiger partial charge in [0.2, 0.25) is 0 Å². The number of pyridine rings is 1. The number of hydrogen-bond acceptors (Lipinski definition) is 3. The monoisotopic (exact) mass is 329 g/mol. The van der Waals surface area contributed by atoms with E-state index in [1.54, 1.807) is 0 Å². The third kappa shape index (κ3) is 3.72. The largest absolute Gasteiger partial charge is 0.394 e. The Hall–Kier alpha value is -1.88. The number of rotatable bonds is 6. The van der Waals surface area contributed by atoms with Crippen molar-refractivity contribution >= 4 is 17.2 Å². The number of aromatic nitrogens is 2. The molecule has 0 fully saturated rings. The van der Waals surface area contributed by atoms with Gasteiger partial charge in [0.25, 0.3) is 0 Å². The van der Waals surface area contributed by atoms with Crippen LogP contribution >= 0.6 is 11.6 Å². The summed E-state index contributed by atoms with van der Waals surface area (Å²) in [6.45, 7) is 2.76. The topological polar surface area (TPSA) is 49.6 Å². The molecule has 1 atom stereocenters. The molecule has 3 aromatic rings. The first-order valence-electron chi connectivity index (χ1n) is 7.76. The fourth-order valence-electron chi connectivity index (χ4n) is 2.60. The lowest BCUT2D eigenvalue weighted by Crippen LogP contribution is -2.24. The Labute approximate surface area is 140 Å². The van der Waals surface area contributed by atoms with E-state index in [2.05, 4.69) is 41.5 Å². The lowest BCUT2D eigenvalue weighted by atomic mass is 10.0. The Morgan fingerprint density at radius 1 is 1.17 bits per heavy atom. The van der Waals surface area contributed by atoms with Gasteiger partial charge >= 0.3 is 0 Å². The standard InChI is InChI=1S/C18H20ClN3O/c1-2-13-3-5-14(6-4-13)17(12-23)20-9-16-11-22-10-15(19)7-8-18(22)21-16/h3-8,10-11,17,20,23H,2,9,12H2,1H3/t17-/m1/s1. The molecule has 23 heavy (non-hydrogen) atoms. The third-order valence-corrected chi connectivity index (χ3v) is 4.19. The van der Waals surface area contributed by atoms with E-state index in [0.717, 1.165) is 23.3 Å². The number of imidazole rings is 1. The van der Waals surface area contributed by atoms with Crippen molar-refractivity contribution in [1.82, 2.24) is 14.7 Å². The summed E-state index contributed by atoms with van der Waals surface area (Å²) in [6.07, 6.45) is 4.80. The van der Waals surface area contributed by atoms with Crippen LogP contribution in [0.5, 0.6) is 0 Å². The van der Waals surface area contributed by atoms with E-state index in [0.29, 0.717) is 11.6 Å². The fourth-order valence-corrected chi connectivity index (χ4v) is 2.77. The molecule has 0 saturated carbocycles. The molecule has 2 aromatic heterocycles. The highest BCUT2D eigenvalue weighted by Gasteiger charge is 2.11. The van der Waals surface area contributed by atoms with Gasteiger partial charge in [-0.3, -0.25) is 0 Å². The van der Waals surface area contributed by atoms with Gasteiger partial charge < -0.3 is 14.8 Å². The number of halogens is 1. The average molecular weight is 330 g/mol. The SMILES string of the molecule is CCc1ccc([C@@H](CO)NCc2cn3cc(Cl)ccc3n2)cc1. The van der Waals surface area contributed by atoms with Gasteiger partial charge in [-0.1, -0.05) is 42.8 Å². The average Bonchev–Trinajstić information content (AvgIpc) is 2.98. The number of benzene rings is 1. The van der Waals surface area contributed by atoms with E-state index < -0.39 is 0 Å². The summed E-state index contributed by atoms with van der Waals surface area (Å²) in [5.41, 5.74) is 4.15. The molecule has 0 bridgehead atoms.